The lowest BCUT2D eigenvalue weighted by Crippen LogP contribution is -2.27. The second-order valence-electron chi connectivity index (χ2n) is 4.51. The number of aliphatic hydroxyl groups is 1. The molecule has 1 aliphatic carbocycles. The minimum atomic E-state index is -0.245. The number of rotatable bonds is 3. The van der Waals surface area contributed by atoms with E-state index in [2.05, 4.69) is 10.6 Å². The molecule has 17 heavy (non-hydrogen) atoms. The summed E-state index contributed by atoms with van der Waals surface area (Å²) in [5.74, 6) is -0.0723. The van der Waals surface area contributed by atoms with Crippen LogP contribution in [0.5, 0.6) is 0 Å². The lowest BCUT2D eigenvalue weighted by atomic mass is 10.2. The van der Waals surface area contributed by atoms with E-state index in [-0.39, 0.29) is 18.1 Å². The predicted octanol–water partition coefficient (Wildman–Crippen LogP) is 1.97. The van der Waals surface area contributed by atoms with Gasteiger partial charge in [0.05, 0.1) is 12.1 Å². The Kier molecular flexibility index (Phi) is 3.64. The second-order valence-corrected chi connectivity index (χ2v) is 4.51. The number of amides is 1. The third-order valence-corrected chi connectivity index (χ3v) is 3.04. The Morgan fingerprint density at radius 2 is 1.88 bits per heavy atom. The smallest absolute Gasteiger partial charge is 0.221 e. The van der Waals surface area contributed by atoms with Crippen molar-refractivity contribution in [2.24, 2.45) is 0 Å². The Morgan fingerprint density at radius 3 is 2.41 bits per heavy atom. The first-order chi connectivity index (χ1) is 8.15. The molecule has 1 amide bonds. The van der Waals surface area contributed by atoms with Gasteiger partial charge in [-0.3, -0.25) is 4.79 Å². The van der Waals surface area contributed by atoms with Gasteiger partial charge in [-0.05, 0) is 43.5 Å². The van der Waals surface area contributed by atoms with Crippen molar-refractivity contribution in [2.75, 3.05) is 10.6 Å². The number of hydrogen-bond donors (Lipinski definition) is 3. The third-order valence-electron chi connectivity index (χ3n) is 3.04. The van der Waals surface area contributed by atoms with Gasteiger partial charge in [0, 0.05) is 18.3 Å². The largest absolute Gasteiger partial charge is 0.391 e. The first-order valence-electron chi connectivity index (χ1n) is 5.97. The van der Waals surface area contributed by atoms with Gasteiger partial charge in [0.1, 0.15) is 0 Å². The Hall–Kier alpha value is -1.55. The molecule has 92 valence electrons. The van der Waals surface area contributed by atoms with Gasteiger partial charge in [0.15, 0.2) is 0 Å². The molecular formula is C13H18N2O2. The summed E-state index contributed by atoms with van der Waals surface area (Å²) in [6.45, 7) is 1.49. The number of carbonyl (C=O) groups excluding carboxylic acids is 1. The van der Waals surface area contributed by atoms with Crippen molar-refractivity contribution in [2.45, 2.75) is 38.3 Å². The van der Waals surface area contributed by atoms with Gasteiger partial charge in [-0.1, -0.05) is 0 Å². The fourth-order valence-corrected chi connectivity index (χ4v) is 2.18. The molecule has 2 atom stereocenters. The van der Waals surface area contributed by atoms with Gasteiger partial charge in [0.2, 0.25) is 5.91 Å². The van der Waals surface area contributed by atoms with E-state index in [1.165, 1.54) is 6.92 Å². The van der Waals surface area contributed by atoms with Crippen LogP contribution in [0.3, 0.4) is 0 Å². The summed E-state index contributed by atoms with van der Waals surface area (Å²) in [5.41, 5.74) is 1.76. The fraction of sp³-hybridized carbons (Fsp3) is 0.462. The summed E-state index contributed by atoms with van der Waals surface area (Å²) in [4.78, 5) is 10.9. The quantitative estimate of drug-likeness (QED) is 0.749. The van der Waals surface area contributed by atoms with E-state index in [0.717, 1.165) is 30.6 Å². The van der Waals surface area contributed by atoms with Crippen LogP contribution in [0.2, 0.25) is 0 Å². The Bertz CT molecular complexity index is 389. The number of carbonyl (C=O) groups is 1. The van der Waals surface area contributed by atoms with Crippen LogP contribution >= 0.6 is 0 Å². The fourth-order valence-electron chi connectivity index (χ4n) is 2.18. The van der Waals surface area contributed by atoms with Crippen molar-refractivity contribution in [1.29, 1.82) is 0 Å². The van der Waals surface area contributed by atoms with Gasteiger partial charge < -0.3 is 15.7 Å². The van der Waals surface area contributed by atoms with Crippen molar-refractivity contribution in [3.8, 4) is 0 Å². The number of hydrogen-bond acceptors (Lipinski definition) is 3. The molecule has 0 heterocycles. The van der Waals surface area contributed by atoms with E-state index in [0.29, 0.717) is 0 Å². The van der Waals surface area contributed by atoms with Crippen LogP contribution in [0.1, 0.15) is 26.2 Å². The van der Waals surface area contributed by atoms with Crippen LogP contribution < -0.4 is 10.6 Å². The molecule has 1 aromatic carbocycles. The lowest BCUT2D eigenvalue weighted by Gasteiger charge is -2.17. The van der Waals surface area contributed by atoms with E-state index in [1.54, 1.807) is 0 Å². The van der Waals surface area contributed by atoms with Crippen molar-refractivity contribution in [1.82, 2.24) is 0 Å². The molecule has 2 rings (SSSR count). The van der Waals surface area contributed by atoms with Crippen LogP contribution in [0.4, 0.5) is 11.4 Å². The van der Waals surface area contributed by atoms with Crippen LogP contribution in [-0.4, -0.2) is 23.2 Å². The maximum absolute atomic E-state index is 10.9. The van der Waals surface area contributed by atoms with Gasteiger partial charge in [0.25, 0.3) is 0 Å². The highest BCUT2D eigenvalue weighted by Gasteiger charge is 2.24. The van der Waals surface area contributed by atoms with E-state index in [4.69, 9.17) is 0 Å². The summed E-state index contributed by atoms with van der Waals surface area (Å²) in [7, 11) is 0. The number of anilines is 2. The summed E-state index contributed by atoms with van der Waals surface area (Å²) in [6, 6.07) is 7.68. The molecule has 0 unspecified atom stereocenters. The normalized spacial score (nSPS) is 23.4. The highest BCUT2D eigenvalue weighted by atomic mass is 16.3. The Morgan fingerprint density at radius 1 is 1.24 bits per heavy atom. The molecule has 1 fully saturated rings. The molecular weight excluding hydrogens is 216 g/mol. The van der Waals surface area contributed by atoms with Crippen LogP contribution in [-0.2, 0) is 4.79 Å². The molecule has 0 radical (unpaired) electrons. The molecule has 1 aliphatic rings. The Balaban J connectivity index is 1.95. The number of aliphatic hydroxyl groups excluding tert-OH is 1. The molecule has 0 spiro atoms. The third kappa shape index (κ3) is 3.20. The van der Waals surface area contributed by atoms with Crippen molar-refractivity contribution in [3.63, 3.8) is 0 Å². The standard InChI is InChI=1S/C13H18N2O2/c1-9(16)14-10-5-7-11(8-6-10)15-12-3-2-4-13(12)17/h5-8,12-13,15,17H,2-4H2,1H3,(H,14,16)/t12-,13-/m0/s1. The van der Waals surface area contributed by atoms with Crippen LogP contribution in [0.15, 0.2) is 24.3 Å². The monoisotopic (exact) mass is 234 g/mol. The van der Waals surface area contributed by atoms with Crippen molar-refractivity contribution >= 4 is 17.3 Å². The first-order valence-corrected chi connectivity index (χ1v) is 5.97. The van der Waals surface area contributed by atoms with Crippen molar-refractivity contribution in [3.05, 3.63) is 24.3 Å². The molecule has 1 saturated carbocycles. The number of benzene rings is 1. The zero-order valence-corrected chi connectivity index (χ0v) is 9.94. The highest BCUT2D eigenvalue weighted by Crippen LogP contribution is 2.23. The van der Waals surface area contributed by atoms with Gasteiger partial charge >= 0.3 is 0 Å². The van der Waals surface area contributed by atoms with Gasteiger partial charge in [-0.2, -0.15) is 0 Å². The maximum atomic E-state index is 10.9. The van der Waals surface area contributed by atoms with Gasteiger partial charge in [-0.15, -0.1) is 0 Å². The molecule has 0 bridgehead atoms. The molecule has 0 aromatic heterocycles. The highest BCUT2D eigenvalue weighted by molar-refractivity contribution is 5.88. The zero-order chi connectivity index (χ0) is 12.3. The predicted molar refractivity (Wildman–Crippen MR) is 68.0 cm³/mol. The topological polar surface area (TPSA) is 61.4 Å². The summed E-state index contributed by atoms with van der Waals surface area (Å²) < 4.78 is 0. The Labute approximate surface area is 101 Å². The summed E-state index contributed by atoms with van der Waals surface area (Å²) in [6.07, 6.45) is 2.71. The van der Waals surface area contributed by atoms with E-state index >= 15 is 0 Å². The van der Waals surface area contributed by atoms with E-state index in [9.17, 15) is 9.90 Å². The van der Waals surface area contributed by atoms with Crippen LogP contribution in [0.25, 0.3) is 0 Å². The molecule has 4 heteroatoms. The minimum Gasteiger partial charge on any atom is -0.391 e. The first kappa shape index (κ1) is 11.9. The molecule has 0 saturated heterocycles. The summed E-state index contributed by atoms with van der Waals surface area (Å²) in [5, 5.41) is 15.7. The average Bonchev–Trinajstić information content (AvgIpc) is 2.67. The maximum Gasteiger partial charge on any atom is 0.221 e. The van der Waals surface area contributed by atoms with Gasteiger partial charge in [-0.25, -0.2) is 0 Å². The SMILES string of the molecule is CC(=O)Nc1ccc(N[C@H]2CCC[C@@H]2O)cc1. The lowest BCUT2D eigenvalue weighted by molar-refractivity contribution is -0.114. The zero-order valence-electron chi connectivity index (χ0n) is 9.94. The number of nitrogens with one attached hydrogen (secondary N) is 2. The van der Waals surface area contributed by atoms with E-state index in [1.807, 2.05) is 24.3 Å². The average molecular weight is 234 g/mol. The van der Waals surface area contributed by atoms with E-state index < -0.39 is 0 Å². The molecule has 1 aromatic rings. The summed E-state index contributed by atoms with van der Waals surface area (Å²) >= 11 is 0. The molecule has 0 aliphatic heterocycles. The molecule has 3 N–H and O–H groups in total. The van der Waals surface area contributed by atoms with Crippen LogP contribution in [0, 0.1) is 0 Å². The van der Waals surface area contributed by atoms with Crippen molar-refractivity contribution < 1.29 is 9.90 Å². The second kappa shape index (κ2) is 5.19. The molecule has 4 nitrogen and oxygen atoms in total. The minimum absolute atomic E-state index is 0.0723.